The average Bonchev–Trinajstić information content (AvgIpc) is 2.41. The molecule has 0 amide bonds. The number of hydrogen-bond acceptors (Lipinski definition) is 1. The summed E-state index contributed by atoms with van der Waals surface area (Å²) in [6, 6.07) is 18.0. The summed E-state index contributed by atoms with van der Waals surface area (Å²) in [7, 11) is 0. The minimum absolute atomic E-state index is 0. The second-order valence-electron chi connectivity index (χ2n) is 4.10. The Hall–Kier alpha value is -1.58. The number of halogens is 2. The lowest BCUT2D eigenvalue weighted by Gasteiger charge is -2.01. The molecule has 0 bridgehead atoms. The summed E-state index contributed by atoms with van der Waals surface area (Å²) in [6.07, 6.45) is 4.06. The summed E-state index contributed by atoms with van der Waals surface area (Å²) in [6.45, 7) is 0. The van der Waals surface area contributed by atoms with Crippen molar-refractivity contribution in [1.82, 2.24) is 0 Å². The van der Waals surface area contributed by atoms with Gasteiger partial charge in [0.2, 0.25) is 6.20 Å². The highest BCUT2D eigenvalue weighted by Crippen LogP contribution is 2.13. The first-order valence-electron chi connectivity index (χ1n) is 5.74. The maximum Gasteiger partial charge on any atom is 0.207 e. The molecule has 0 saturated heterocycles. The lowest BCUT2D eigenvalue weighted by atomic mass is 10.2. The Morgan fingerprint density at radius 2 is 1.53 bits per heavy atom. The van der Waals surface area contributed by atoms with Gasteiger partial charge in [-0.1, -0.05) is 34.5 Å². The molecule has 0 aliphatic heterocycles. The number of pyridine rings is 1. The predicted octanol–water partition coefficient (Wildman–Crippen LogP) is 0.660. The number of hydrogen-bond donors (Lipinski definition) is 1. The Morgan fingerprint density at radius 3 is 2.26 bits per heavy atom. The van der Waals surface area contributed by atoms with Crippen molar-refractivity contribution in [2.24, 2.45) is 0 Å². The number of nitrogens with zero attached hydrogens (tertiary/aromatic N) is 1. The van der Waals surface area contributed by atoms with Crippen LogP contribution >= 0.6 is 11.6 Å². The fraction of sp³-hybridized carbons (Fsp3) is 0. The average molecular weight is 336 g/mol. The van der Waals surface area contributed by atoms with E-state index in [0.29, 0.717) is 0 Å². The third kappa shape index (κ3) is 3.25. The number of fused-ring (bicyclic) bond motifs is 1. The molecule has 19 heavy (non-hydrogen) atoms. The Kier molecular flexibility index (Phi) is 4.40. The summed E-state index contributed by atoms with van der Waals surface area (Å²) in [4.78, 5) is 0. The molecule has 0 atom stereocenters. The first-order valence-corrected chi connectivity index (χ1v) is 6.12. The summed E-state index contributed by atoms with van der Waals surface area (Å²) < 4.78 is 1.94. The number of nitrogens with one attached hydrogen (secondary N) is 1. The van der Waals surface area contributed by atoms with Crippen molar-refractivity contribution in [3.05, 3.63) is 72.0 Å². The summed E-state index contributed by atoms with van der Waals surface area (Å²) >= 11 is 5.86. The normalized spacial score (nSPS) is 9.95. The molecule has 2 nitrogen and oxygen atoms in total. The third-order valence-electron chi connectivity index (χ3n) is 2.79. The Bertz CT molecular complexity index is 683. The lowest BCUT2D eigenvalue weighted by Crippen LogP contribution is -3.00. The molecule has 3 aromatic rings. The van der Waals surface area contributed by atoms with Gasteiger partial charge in [-0.05, 0) is 35.7 Å². The van der Waals surface area contributed by atoms with Crippen LogP contribution in [0, 0.1) is 0 Å². The van der Waals surface area contributed by atoms with E-state index in [0.717, 1.165) is 10.7 Å². The van der Waals surface area contributed by atoms with E-state index in [1.807, 2.05) is 47.3 Å². The van der Waals surface area contributed by atoms with Crippen molar-refractivity contribution in [1.29, 1.82) is 0 Å². The smallest absolute Gasteiger partial charge is 0.207 e. The second kappa shape index (κ2) is 6.04. The van der Waals surface area contributed by atoms with E-state index in [-0.39, 0.29) is 17.0 Å². The van der Waals surface area contributed by atoms with Crippen LogP contribution in [0.25, 0.3) is 10.8 Å². The van der Waals surface area contributed by atoms with Crippen molar-refractivity contribution >= 4 is 28.1 Å². The van der Waals surface area contributed by atoms with Crippen LogP contribution in [0.1, 0.15) is 0 Å². The highest BCUT2D eigenvalue weighted by molar-refractivity contribution is 6.30. The van der Waals surface area contributed by atoms with Gasteiger partial charge in [0.25, 0.3) is 0 Å². The SMILES string of the molecule is Clc1ccc(N[n+]2ccc3ccccc3c2)cc1.[Br-]. The maximum atomic E-state index is 5.86. The second-order valence-corrected chi connectivity index (χ2v) is 4.54. The van der Waals surface area contributed by atoms with Crippen molar-refractivity contribution in [3.8, 4) is 0 Å². The van der Waals surface area contributed by atoms with E-state index < -0.39 is 0 Å². The number of benzene rings is 2. The molecule has 1 N–H and O–H groups in total. The Balaban J connectivity index is 0.00000133. The van der Waals surface area contributed by atoms with Crippen LogP contribution in [0.15, 0.2) is 67.0 Å². The van der Waals surface area contributed by atoms with Gasteiger partial charge in [-0.3, -0.25) is 0 Å². The summed E-state index contributed by atoms with van der Waals surface area (Å²) in [5.74, 6) is 0. The first kappa shape index (κ1) is 13.8. The van der Waals surface area contributed by atoms with Gasteiger partial charge in [-0.2, -0.15) is 5.43 Å². The van der Waals surface area contributed by atoms with E-state index in [9.17, 15) is 0 Å². The van der Waals surface area contributed by atoms with Crippen LogP contribution in [0.4, 0.5) is 5.69 Å². The van der Waals surface area contributed by atoms with Gasteiger partial charge in [0.15, 0.2) is 6.20 Å². The van der Waals surface area contributed by atoms with Crippen LogP contribution in [-0.4, -0.2) is 0 Å². The van der Waals surface area contributed by atoms with E-state index in [1.54, 1.807) is 0 Å². The fourth-order valence-electron chi connectivity index (χ4n) is 1.88. The molecule has 1 aromatic heterocycles. The zero-order valence-corrected chi connectivity index (χ0v) is 12.4. The highest BCUT2D eigenvalue weighted by atomic mass is 79.9. The summed E-state index contributed by atoms with van der Waals surface area (Å²) in [5.41, 5.74) is 4.28. The monoisotopic (exact) mass is 334 g/mol. The molecule has 0 aliphatic carbocycles. The molecule has 0 radical (unpaired) electrons. The van der Waals surface area contributed by atoms with Crippen LogP contribution in [0.5, 0.6) is 0 Å². The zero-order chi connectivity index (χ0) is 12.4. The van der Waals surface area contributed by atoms with E-state index in [1.165, 1.54) is 10.8 Å². The highest BCUT2D eigenvalue weighted by Gasteiger charge is 2.03. The van der Waals surface area contributed by atoms with Gasteiger partial charge >= 0.3 is 0 Å². The maximum absolute atomic E-state index is 5.86. The number of aromatic nitrogens is 1. The Morgan fingerprint density at radius 1 is 0.842 bits per heavy atom. The lowest BCUT2D eigenvalue weighted by molar-refractivity contribution is -0.641. The molecule has 0 spiro atoms. The van der Waals surface area contributed by atoms with Gasteiger partial charge in [-0.25, -0.2) is 0 Å². The molecular formula is C15H12BrClN2. The third-order valence-corrected chi connectivity index (χ3v) is 3.04. The topological polar surface area (TPSA) is 15.9 Å². The van der Waals surface area contributed by atoms with E-state index in [4.69, 9.17) is 11.6 Å². The van der Waals surface area contributed by atoms with Crippen molar-refractivity contribution in [2.45, 2.75) is 0 Å². The quantitative estimate of drug-likeness (QED) is 0.681. The van der Waals surface area contributed by atoms with E-state index in [2.05, 4.69) is 29.8 Å². The Labute approximate surface area is 127 Å². The van der Waals surface area contributed by atoms with Crippen molar-refractivity contribution in [2.75, 3.05) is 5.43 Å². The standard InChI is InChI=1S/C15H12ClN2.BrH/c16-14-5-7-15(8-6-14)17-18-10-9-12-3-1-2-4-13(12)11-18;/h1-11,17H;1H/q+1;/p-1. The van der Waals surface area contributed by atoms with Gasteiger partial charge in [-0.15, -0.1) is 0 Å². The molecule has 4 heteroatoms. The molecule has 96 valence electrons. The largest absolute Gasteiger partial charge is 1.00 e. The van der Waals surface area contributed by atoms with Gasteiger partial charge < -0.3 is 17.0 Å². The number of anilines is 1. The molecule has 0 unspecified atom stereocenters. The molecular weight excluding hydrogens is 324 g/mol. The zero-order valence-electron chi connectivity index (χ0n) is 10.1. The van der Waals surface area contributed by atoms with E-state index >= 15 is 0 Å². The molecule has 0 saturated carbocycles. The molecule has 0 fully saturated rings. The molecule has 3 rings (SSSR count). The van der Waals surface area contributed by atoms with Crippen LogP contribution in [0.3, 0.4) is 0 Å². The number of rotatable bonds is 2. The molecule has 2 aromatic carbocycles. The van der Waals surface area contributed by atoms with Crippen LogP contribution in [-0.2, 0) is 0 Å². The minimum Gasteiger partial charge on any atom is -1.00 e. The summed E-state index contributed by atoms with van der Waals surface area (Å²) in [5, 5.41) is 3.16. The van der Waals surface area contributed by atoms with Gasteiger partial charge in [0.1, 0.15) is 0 Å². The van der Waals surface area contributed by atoms with Crippen molar-refractivity contribution < 1.29 is 21.7 Å². The van der Waals surface area contributed by atoms with Crippen LogP contribution in [0.2, 0.25) is 5.02 Å². The molecule has 0 aliphatic rings. The van der Waals surface area contributed by atoms with Gasteiger partial charge in [0, 0.05) is 16.5 Å². The van der Waals surface area contributed by atoms with Gasteiger partial charge in [0.05, 0.1) is 5.69 Å². The van der Waals surface area contributed by atoms with Crippen molar-refractivity contribution in [3.63, 3.8) is 0 Å². The van der Waals surface area contributed by atoms with Crippen LogP contribution < -0.4 is 27.1 Å². The fourth-order valence-corrected chi connectivity index (χ4v) is 2.00. The minimum atomic E-state index is 0. The predicted molar refractivity (Wildman–Crippen MR) is 74.6 cm³/mol. The molecule has 1 heterocycles. The first-order chi connectivity index (χ1) is 8.81.